The maximum atomic E-state index is 6.07. The fourth-order valence-electron chi connectivity index (χ4n) is 2.87. The third-order valence-electron chi connectivity index (χ3n) is 4.14. The van der Waals surface area contributed by atoms with E-state index in [9.17, 15) is 0 Å². The number of hydrogen-bond acceptors (Lipinski definition) is 2. The second kappa shape index (κ2) is 6.65. The minimum Gasteiger partial charge on any atom is -0.487 e. The summed E-state index contributed by atoms with van der Waals surface area (Å²) in [5.41, 5.74) is 4.50. The first-order chi connectivity index (χ1) is 11.1. The van der Waals surface area contributed by atoms with Crippen molar-refractivity contribution in [1.82, 2.24) is 4.57 Å². The van der Waals surface area contributed by atoms with Gasteiger partial charge in [0.25, 0.3) is 0 Å². The molecule has 0 aliphatic heterocycles. The summed E-state index contributed by atoms with van der Waals surface area (Å²) in [6.45, 7) is 3.03. The zero-order valence-corrected chi connectivity index (χ0v) is 14.4. The molecule has 23 heavy (non-hydrogen) atoms. The van der Waals surface area contributed by atoms with Gasteiger partial charge in [0.15, 0.2) is 0 Å². The van der Waals surface area contributed by atoms with E-state index in [1.807, 2.05) is 31.2 Å². The second-order valence-corrected chi connectivity index (χ2v) is 6.04. The van der Waals surface area contributed by atoms with Gasteiger partial charge in [0, 0.05) is 35.6 Å². The van der Waals surface area contributed by atoms with Gasteiger partial charge < -0.3 is 14.0 Å². The van der Waals surface area contributed by atoms with Crippen LogP contribution in [-0.2, 0) is 25.0 Å². The fourth-order valence-corrected chi connectivity index (χ4v) is 2.99. The number of aryl methyl sites for hydroxylation is 2. The van der Waals surface area contributed by atoms with Crippen LogP contribution in [0.15, 0.2) is 42.5 Å². The molecule has 0 bridgehead atoms. The molecule has 0 aliphatic rings. The summed E-state index contributed by atoms with van der Waals surface area (Å²) >= 11 is 6.07. The highest BCUT2D eigenvalue weighted by molar-refractivity contribution is 6.31. The van der Waals surface area contributed by atoms with E-state index in [0.717, 1.165) is 22.0 Å². The van der Waals surface area contributed by atoms with E-state index < -0.39 is 0 Å². The van der Waals surface area contributed by atoms with Crippen molar-refractivity contribution in [1.29, 1.82) is 0 Å². The van der Waals surface area contributed by atoms with Crippen molar-refractivity contribution in [3.05, 3.63) is 64.3 Å². The lowest BCUT2D eigenvalue weighted by atomic mass is 10.1. The van der Waals surface area contributed by atoms with Crippen molar-refractivity contribution in [3.63, 3.8) is 0 Å². The first-order valence-corrected chi connectivity index (χ1v) is 7.92. The third-order valence-corrected chi connectivity index (χ3v) is 4.56. The van der Waals surface area contributed by atoms with Crippen LogP contribution in [0.4, 0.5) is 0 Å². The number of methoxy groups -OCH3 is 1. The molecule has 0 atom stereocenters. The van der Waals surface area contributed by atoms with Gasteiger partial charge >= 0.3 is 0 Å². The highest BCUT2D eigenvalue weighted by Crippen LogP contribution is 2.28. The van der Waals surface area contributed by atoms with Gasteiger partial charge in [-0.3, -0.25) is 0 Å². The maximum Gasteiger partial charge on any atom is 0.129 e. The van der Waals surface area contributed by atoms with Crippen LogP contribution in [0.1, 0.15) is 16.8 Å². The molecule has 3 nitrogen and oxygen atoms in total. The Morgan fingerprint density at radius 3 is 2.61 bits per heavy atom. The molecule has 0 fully saturated rings. The normalized spacial score (nSPS) is 11.1. The second-order valence-electron chi connectivity index (χ2n) is 5.63. The van der Waals surface area contributed by atoms with Gasteiger partial charge in [0.05, 0.1) is 12.3 Å². The zero-order chi connectivity index (χ0) is 16.4. The Hall–Kier alpha value is -1.97. The Morgan fingerprint density at radius 1 is 1.09 bits per heavy atom. The molecule has 1 heterocycles. The van der Waals surface area contributed by atoms with E-state index in [2.05, 4.69) is 29.8 Å². The molecule has 0 saturated heterocycles. The summed E-state index contributed by atoms with van der Waals surface area (Å²) < 4.78 is 13.6. The SMILES string of the molecule is COCc1c(COc2ccc(Cl)c(C)c2)n(C)c2ccccc12. The number of benzene rings is 2. The Labute approximate surface area is 141 Å². The van der Waals surface area contributed by atoms with Crippen LogP contribution in [0.3, 0.4) is 0 Å². The fraction of sp³-hybridized carbons (Fsp3) is 0.263. The van der Waals surface area contributed by atoms with Crippen LogP contribution in [0.2, 0.25) is 5.02 Å². The summed E-state index contributed by atoms with van der Waals surface area (Å²) in [5.74, 6) is 0.820. The first-order valence-electron chi connectivity index (χ1n) is 7.55. The Bertz CT molecular complexity index is 839. The molecule has 2 aromatic carbocycles. The lowest BCUT2D eigenvalue weighted by Crippen LogP contribution is -2.05. The number of para-hydroxylation sites is 1. The van der Waals surface area contributed by atoms with E-state index in [0.29, 0.717) is 13.2 Å². The van der Waals surface area contributed by atoms with Crippen LogP contribution < -0.4 is 4.74 Å². The van der Waals surface area contributed by atoms with Gasteiger partial charge in [0.2, 0.25) is 0 Å². The van der Waals surface area contributed by atoms with Crippen molar-refractivity contribution < 1.29 is 9.47 Å². The molecule has 0 radical (unpaired) electrons. The molecule has 1 aromatic heterocycles. The lowest BCUT2D eigenvalue weighted by molar-refractivity contribution is 0.182. The van der Waals surface area contributed by atoms with Gasteiger partial charge in [-0.05, 0) is 36.8 Å². The third kappa shape index (κ3) is 3.07. The molecule has 0 unspecified atom stereocenters. The van der Waals surface area contributed by atoms with E-state index in [1.165, 1.54) is 16.5 Å². The standard InChI is InChI=1S/C19H20ClNO2/c1-13-10-14(8-9-17(13)20)23-12-19-16(11-22-3)15-6-4-5-7-18(15)21(19)2/h4-10H,11-12H2,1-3H3. The number of hydrogen-bond donors (Lipinski definition) is 0. The number of halogens is 1. The first kappa shape index (κ1) is 15.9. The summed E-state index contributed by atoms with van der Waals surface area (Å²) in [6, 6.07) is 14.1. The largest absolute Gasteiger partial charge is 0.487 e. The molecule has 0 N–H and O–H groups in total. The van der Waals surface area contributed by atoms with Crippen molar-refractivity contribution in [2.45, 2.75) is 20.1 Å². The number of ether oxygens (including phenoxy) is 2. The predicted molar refractivity (Wildman–Crippen MR) is 94.2 cm³/mol. The quantitative estimate of drug-likeness (QED) is 0.667. The highest BCUT2D eigenvalue weighted by atomic mass is 35.5. The molecule has 0 saturated carbocycles. The molecule has 0 amide bonds. The number of fused-ring (bicyclic) bond motifs is 1. The van der Waals surface area contributed by atoms with Gasteiger partial charge in [0.1, 0.15) is 12.4 Å². The molecule has 120 valence electrons. The average Bonchev–Trinajstić information content (AvgIpc) is 2.82. The zero-order valence-electron chi connectivity index (χ0n) is 13.6. The molecule has 0 spiro atoms. The monoisotopic (exact) mass is 329 g/mol. The van der Waals surface area contributed by atoms with Crippen LogP contribution in [0.5, 0.6) is 5.75 Å². The van der Waals surface area contributed by atoms with E-state index in [4.69, 9.17) is 21.1 Å². The molecular formula is C19H20ClNO2. The van der Waals surface area contributed by atoms with Crippen molar-refractivity contribution in [2.24, 2.45) is 7.05 Å². The molecule has 3 rings (SSSR count). The highest BCUT2D eigenvalue weighted by Gasteiger charge is 2.15. The van der Waals surface area contributed by atoms with Crippen LogP contribution in [-0.4, -0.2) is 11.7 Å². The minimum atomic E-state index is 0.491. The Balaban J connectivity index is 1.94. The molecule has 0 aliphatic carbocycles. The lowest BCUT2D eigenvalue weighted by Gasteiger charge is -2.11. The van der Waals surface area contributed by atoms with Crippen LogP contribution in [0.25, 0.3) is 10.9 Å². The topological polar surface area (TPSA) is 23.4 Å². The van der Waals surface area contributed by atoms with Crippen molar-refractivity contribution >= 4 is 22.5 Å². The summed E-state index contributed by atoms with van der Waals surface area (Å²) in [5, 5.41) is 1.96. The molecular weight excluding hydrogens is 310 g/mol. The van der Waals surface area contributed by atoms with E-state index >= 15 is 0 Å². The smallest absolute Gasteiger partial charge is 0.129 e. The predicted octanol–water partition coefficient (Wildman–Crippen LogP) is 4.87. The summed E-state index contributed by atoms with van der Waals surface area (Å²) in [6.07, 6.45) is 0. The average molecular weight is 330 g/mol. The van der Waals surface area contributed by atoms with Gasteiger partial charge in [-0.25, -0.2) is 0 Å². The van der Waals surface area contributed by atoms with Gasteiger partial charge in [-0.2, -0.15) is 0 Å². The molecule has 3 aromatic rings. The molecule has 4 heteroatoms. The van der Waals surface area contributed by atoms with Gasteiger partial charge in [-0.1, -0.05) is 29.8 Å². The van der Waals surface area contributed by atoms with Gasteiger partial charge in [-0.15, -0.1) is 0 Å². The van der Waals surface area contributed by atoms with E-state index in [-0.39, 0.29) is 0 Å². The van der Waals surface area contributed by atoms with Crippen molar-refractivity contribution in [2.75, 3.05) is 7.11 Å². The number of rotatable bonds is 5. The Kier molecular flexibility index (Phi) is 4.60. The van der Waals surface area contributed by atoms with Crippen LogP contribution >= 0.6 is 11.6 Å². The van der Waals surface area contributed by atoms with E-state index in [1.54, 1.807) is 7.11 Å². The summed E-state index contributed by atoms with van der Waals surface area (Å²) in [4.78, 5) is 0. The maximum absolute atomic E-state index is 6.07. The Morgan fingerprint density at radius 2 is 1.87 bits per heavy atom. The number of aromatic nitrogens is 1. The summed E-state index contributed by atoms with van der Waals surface area (Å²) in [7, 11) is 3.78. The van der Waals surface area contributed by atoms with Crippen molar-refractivity contribution in [3.8, 4) is 5.75 Å². The number of nitrogens with zero attached hydrogens (tertiary/aromatic N) is 1. The van der Waals surface area contributed by atoms with Crippen LogP contribution in [0, 0.1) is 6.92 Å². The minimum absolute atomic E-state index is 0.491.